The van der Waals surface area contributed by atoms with Gasteiger partial charge in [0.1, 0.15) is 0 Å². The predicted molar refractivity (Wildman–Crippen MR) is 112 cm³/mol. The fourth-order valence-corrected chi connectivity index (χ4v) is 1.36. The van der Waals surface area contributed by atoms with Crippen LogP contribution in [0.1, 0.15) is 6.92 Å². The maximum Gasteiger partial charge on any atom is 0.152 e. The summed E-state index contributed by atoms with van der Waals surface area (Å²) in [5.74, 6) is 0.0473. The Morgan fingerprint density at radius 1 is 0.480 bits per heavy atom. The molecular weight excluding hydrogens is 304 g/mol. The number of carbonyl (C=O) groups is 1. The lowest BCUT2D eigenvalue weighted by atomic mass is 10.3. The Bertz CT molecular complexity index is 654. The average Bonchev–Trinajstić information content (AvgIpc) is 2.60. The van der Waals surface area contributed by atoms with Crippen molar-refractivity contribution in [1.82, 2.24) is 0 Å². The van der Waals surface area contributed by atoms with Crippen LogP contribution >= 0.6 is 0 Å². The number of rotatable bonds is 11. The predicted octanol–water partition coefficient (Wildman–Crippen LogP) is 6.32. The van der Waals surface area contributed by atoms with Crippen LogP contribution in [0.5, 0.6) is 0 Å². The second-order valence-electron chi connectivity index (χ2n) is 4.67. The Morgan fingerprint density at radius 3 is 0.960 bits per heavy atom. The van der Waals surface area contributed by atoms with E-state index in [1.165, 1.54) is 13.0 Å². The Hall–Kier alpha value is -3.19. The number of allylic oxidation sites excluding steroid dienone is 21. The van der Waals surface area contributed by atoms with E-state index in [0.29, 0.717) is 0 Å². The van der Waals surface area contributed by atoms with E-state index in [1.54, 1.807) is 12.2 Å². The lowest BCUT2D eigenvalue weighted by Gasteiger charge is -1.76. The maximum atomic E-state index is 10.7. The topological polar surface area (TPSA) is 17.1 Å². The minimum atomic E-state index is 0.0473. The van der Waals surface area contributed by atoms with E-state index >= 15 is 0 Å². The molecule has 25 heavy (non-hydrogen) atoms. The van der Waals surface area contributed by atoms with Crippen LogP contribution in [0.2, 0.25) is 0 Å². The minimum Gasteiger partial charge on any atom is -0.295 e. The first-order chi connectivity index (χ1) is 12.3. The third kappa shape index (κ3) is 20.8. The average molecular weight is 330 g/mol. The van der Waals surface area contributed by atoms with Crippen LogP contribution in [-0.2, 0) is 4.79 Å². The zero-order valence-electron chi connectivity index (χ0n) is 14.7. The van der Waals surface area contributed by atoms with Gasteiger partial charge in [-0.1, -0.05) is 128 Å². The van der Waals surface area contributed by atoms with E-state index in [4.69, 9.17) is 0 Å². The smallest absolute Gasteiger partial charge is 0.152 e. The van der Waals surface area contributed by atoms with Gasteiger partial charge in [0, 0.05) is 0 Å². The summed E-state index contributed by atoms with van der Waals surface area (Å²) in [5.41, 5.74) is 0. The molecule has 0 heterocycles. The van der Waals surface area contributed by atoms with Crippen LogP contribution < -0.4 is 0 Å². The van der Waals surface area contributed by atoms with Gasteiger partial charge >= 0.3 is 0 Å². The van der Waals surface area contributed by atoms with Crippen LogP contribution in [0, 0.1) is 0 Å². The highest BCUT2D eigenvalue weighted by atomic mass is 16.1. The third-order valence-electron chi connectivity index (χ3n) is 2.47. The Balaban J connectivity index is 3.94. The molecule has 128 valence electrons. The van der Waals surface area contributed by atoms with Crippen molar-refractivity contribution in [1.29, 1.82) is 0 Å². The van der Waals surface area contributed by atoms with E-state index in [2.05, 4.69) is 6.58 Å². The Labute approximate surface area is 152 Å². The first kappa shape index (κ1) is 21.8. The lowest BCUT2D eigenvalue weighted by Crippen LogP contribution is -1.77. The van der Waals surface area contributed by atoms with Gasteiger partial charge in [0.25, 0.3) is 0 Å². The number of carbonyl (C=O) groups excluding carboxylic acids is 1. The molecule has 0 saturated heterocycles. The fourth-order valence-electron chi connectivity index (χ4n) is 1.36. The molecule has 1 nitrogen and oxygen atoms in total. The largest absolute Gasteiger partial charge is 0.295 e. The molecule has 0 radical (unpaired) electrons. The molecule has 0 amide bonds. The van der Waals surface area contributed by atoms with Crippen molar-refractivity contribution in [3.05, 3.63) is 134 Å². The van der Waals surface area contributed by atoms with E-state index in [-0.39, 0.29) is 5.78 Å². The fraction of sp³-hybridized carbons (Fsp3) is 0.0417. The quantitative estimate of drug-likeness (QED) is 0.320. The molecule has 0 aliphatic heterocycles. The molecule has 0 unspecified atom stereocenters. The summed E-state index contributed by atoms with van der Waals surface area (Å²) in [4.78, 5) is 10.7. The highest BCUT2D eigenvalue weighted by Gasteiger charge is 1.75. The number of ketones is 1. The third-order valence-corrected chi connectivity index (χ3v) is 2.47. The molecule has 0 bridgehead atoms. The monoisotopic (exact) mass is 330 g/mol. The normalized spacial score (nSPS) is 14.1. The van der Waals surface area contributed by atoms with Gasteiger partial charge in [-0.05, 0) is 13.0 Å². The van der Waals surface area contributed by atoms with Crippen LogP contribution in [0.4, 0.5) is 0 Å². The molecule has 0 aromatic rings. The van der Waals surface area contributed by atoms with E-state index in [0.717, 1.165) is 0 Å². The second kappa shape index (κ2) is 18.9. The Kier molecular flexibility index (Phi) is 16.5. The summed E-state index contributed by atoms with van der Waals surface area (Å²) in [6.45, 7) is 5.12. The number of hydrogen-bond acceptors (Lipinski definition) is 1. The van der Waals surface area contributed by atoms with Gasteiger partial charge in [0.15, 0.2) is 5.78 Å². The zero-order valence-corrected chi connectivity index (χ0v) is 14.7. The molecule has 0 saturated carbocycles. The first-order valence-electron chi connectivity index (χ1n) is 8.07. The van der Waals surface area contributed by atoms with Crippen molar-refractivity contribution < 1.29 is 4.79 Å². The molecule has 0 fully saturated rings. The lowest BCUT2D eigenvalue weighted by molar-refractivity contribution is -0.112. The summed E-state index contributed by atoms with van der Waals surface area (Å²) in [7, 11) is 0. The summed E-state index contributed by atoms with van der Waals surface area (Å²) in [5, 5.41) is 0. The maximum absolute atomic E-state index is 10.7. The molecule has 0 aromatic heterocycles. The van der Waals surface area contributed by atoms with Crippen molar-refractivity contribution >= 4 is 5.78 Å². The van der Waals surface area contributed by atoms with Gasteiger partial charge in [-0.25, -0.2) is 0 Å². The van der Waals surface area contributed by atoms with Gasteiger partial charge in [-0.3, -0.25) is 4.79 Å². The molecule has 0 rings (SSSR count). The molecule has 0 spiro atoms. The molecular formula is C24H26O. The molecule has 1 heteroatoms. The SMILES string of the molecule is C=CC=CC=CC=CC=CC=CC=CC=CC=CC=CC=CC(C)=O. The summed E-state index contributed by atoms with van der Waals surface area (Å²) in [6.07, 6.45) is 39.8. The summed E-state index contributed by atoms with van der Waals surface area (Å²) >= 11 is 0. The summed E-state index contributed by atoms with van der Waals surface area (Å²) in [6, 6.07) is 0. The first-order valence-corrected chi connectivity index (χ1v) is 8.07. The molecule has 0 N–H and O–H groups in total. The van der Waals surface area contributed by atoms with E-state index in [9.17, 15) is 4.79 Å². The van der Waals surface area contributed by atoms with Crippen molar-refractivity contribution in [2.24, 2.45) is 0 Å². The van der Waals surface area contributed by atoms with Crippen LogP contribution in [0.15, 0.2) is 134 Å². The summed E-state index contributed by atoms with van der Waals surface area (Å²) < 4.78 is 0. The second-order valence-corrected chi connectivity index (χ2v) is 4.67. The van der Waals surface area contributed by atoms with Crippen LogP contribution in [0.3, 0.4) is 0 Å². The van der Waals surface area contributed by atoms with Gasteiger partial charge in [0.05, 0.1) is 0 Å². The van der Waals surface area contributed by atoms with Gasteiger partial charge in [-0.15, -0.1) is 0 Å². The van der Waals surface area contributed by atoms with Crippen molar-refractivity contribution in [3.8, 4) is 0 Å². The van der Waals surface area contributed by atoms with Gasteiger partial charge in [-0.2, -0.15) is 0 Å². The van der Waals surface area contributed by atoms with Crippen molar-refractivity contribution in [2.45, 2.75) is 6.92 Å². The zero-order chi connectivity index (χ0) is 18.4. The molecule has 0 aliphatic carbocycles. The number of hydrogen-bond donors (Lipinski definition) is 0. The minimum absolute atomic E-state index is 0.0473. The van der Waals surface area contributed by atoms with E-state index in [1.807, 2.05) is 109 Å². The van der Waals surface area contributed by atoms with Gasteiger partial charge in [0.2, 0.25) is 0 Å². The standard InChI is InChI=1S/C24H26O/c1-3-4-5-6-7-8-9-10-11-12-13-14-15-16-17-18-19-20-21-22-23-24(2)25/h3-23H,1H2,2H3. The van der Waals surface area contributed by atoms with Crippen LogP contribution in [0.25, 0.3) is 0 Å². The van der Waals surface area contributed by atoms with Crippen molar-refractivity contribution in [2.75, 3.05) is 0 Å². The van der Waals surface area contributed by atoms with Crippen LogP contribution in [-0.4, -0.2) is 5.78 Å². The van der Waals surface area contributed by atoms with Crippen molar-refractivity contribution in [3.63, 3.8) is 0 Å². The molecule has 0 aliphatic rings. The highest BCUT2D eigenvalue weighted by molar-refractivity contribution is 5.87. The Morgan fingerprint density at radius 2 is 0.720 bits per heavy atom. The molecule has 0 atom stereocenters. The van der Waals surface area contributed by atoms with Gasteiger partial charge < -0.3 is 0 Å². The highest BCUT2D eigenvalue weighted by Crippen LogP contribution is 1.87. The molecule has 0 aromatic carbocycles. The van der Waals surface area contributed by atoms with E-state index < -0.39 is 0 Å².